The standard InChI is InChI=1S/C29H41N2O2S/c1-29(27-14-10-22-34-27,30-17-7-3-8-18-30)28(32)33-26-23-31(20-15-25(26)16-21-31)19-9-6-13-24-11-4-2-5-12-24/h2,4-5,10-12,14,22,25-26H,3,6-9,13,15-21,23H2,1H3/q+1/t25?,26-,29?,31?/m0/s1. The van der Waals surface area contributed by atoms with Gasteiger partial charge in [0.25, 0.3) is 0 Å². The van der Waals surface area contributed by atoms with Crippen LogP contribution < -0.4 is 0 Å². The van der Waals surface area contributed by atoms with Crippen molar-refractivity contribution in [2.24, 2.45) is 5.92 Å². The molecule has 0 amide bonds. The molecule has 4 aliphatic rings. The van der Waals surface area contributed by atoms with Crippen LogP contribution in [0.4, 0.5) is 0 Å². The van der Waals surface area contributed by atoms with Crippen LogP contribution in [0.15, 0.2) is 47.8 Å². The Bertz CT molecular complexity index is 917. The summed E-state index contributed by atoms with van der Waals surface area (Å²) in [6.45, 7) is 8.85. The third kappa shape index (κ3) is 4.98. The lowest BCUT2D eigenvalue weighted by atomic mass is 9.82. The van der Waals surface area contributed by atoms with Crippen LogP contribution in [0.5, 0.6) is 0 Å². The van der Waals surface area contributed by atoms with E-state index in [0.29, 0.717) is 5.92 Å². The van der Waals surface area contributed by atoms with E-state index in [1.165, 1.54) is 70.1 Å². The smallest absolute Gasteiger partial charge is 0.332 e. The molecule has 34 heavy (non-hydrogen) atoms. The van der Waals surface area contributed by atoms with Crippen LogP contribution in [0, 0.1) is 5.92 Å². The summed E-state index contributed by atoms with van der Waals surface area (Å²) in [5.74, 6) is 0.528. The molecule has 1 aromatic heterocycles. The number of quaternary nitrogens is 1. The Morgan fingerprint density at radius 3 is 2.53 bits per heavy atom. The Morgan fingerprint density at radius 2 is 1.82 bits per heavy atom. The van der Waals surface area contributed by atoms with Crippen molar-refractivity contribution in [2.75, 3.05) is 39.3 Å². The Hall–Kier alpha value is -1.69. The maximum absolute atomic E-state index is 13.9. The lowest BCUT2D eigenvalue weighted by Crippen LogP contribution is -2.65. The molecule has 184 valence electrons. The summed E-state index contributed by atoms with van der Waals surface area (Å²) in [7, 11) is 0. The van der Waals surface area contributed by atoms with Gasteiger partial charge in [-0.3, -0.25) is 4.90 Å². The van der Waals surface area contributed by atoms with E-state index in [-0.39, 0.29) is 12.1 Å². The van der Waals surface area contributed by atoms with Gasteiger partial charge in [-0.25, -0.2) is 4.79 Å². The third-order valence-electron chi connectivity index (χ3n) is 8.88. The SMILES string of the molecule is CC(C(=O)O[C@H]1C[N+]2(CCCCc3ccccc3)CCC1CC2)(c1cccs1)N1CCCCC1. The quantitative estimate of drug-likeness (QED) is 0.264. The summed E-state index contributed by atoms with van der Waals surface area (Å²) in [6.07, 6.45) is 9.74. The normalized spacial score (nSPS) is 29.0. The van der Waals surface area contributed by atoms with Crippen molar-refractivity contribution in [2.45, 2.75) is 69.9 Å². The molecule has 2 bridgehead atoms. The highest BCUT2D eigenvalue weighted by molar-refractivity contribution is 7.10. The van der Waals surface area contributed by atoms with Gasteiger partial charge in [-0.2, -0.15) is 0 Å². The molecule has 4 nitrogen and oxygen atoms in total. The van der Waals surface area contributed by atoms with Crippen molar-refractivity contribution in [3.05, 3.63) is 58.3 Å². The topological polar surface area (TPSA) is 29.5 Å². The number of aryl methyl sites for hydroxylation is 1. The molecule has 0 N–H and O–H groups in total. The molecule has 0 radical (unpaired) electrons. The largest absolute Gasteiger partial charge is 0.454 e. The average Bonchev–Trinajstić information content (AvgIpc) is 3.44. The van der Waals surface area contributed by atoms with E-state index >= 15 is 0 Å². The Morgan fingerprint density at radius 1 is 1.06 bits per heavy atom. The number of benzene rings is 1. The lowest BCUT2D eigenvalue weighted by molar-refractivity contribution is -0.946. The number of carbonyl (C=O) groups excluding carboxylic acids is 1. The van der Waals surface area contributed by atoms with E-state index in [2.05, 4.69) is 59.7 Å². The number of unbranched alkanes of at least 4 members (excludes halogenated alkanes) is 1. The minimum Gasteiger partial charge on any atom is -0.454 e. The van der Waals surface area contributed by atoms with Gasteiger partial charge in [0.15, 0.2) is 11.6 Å². The van der Waals surface area contributed by atoms with Gasteiger partial charge in [0.2, 0.25) is 0 Å². The van der Waals surface area contributed by atoms with Crippen LogP contribution in [0.2, 0.25) is 0 Å². The molecule has 1 aromatic carbocycles. The summed E-state index contributed by atoms with van der Waals surface area (Å²) >= 11 is 1.69. The van der Waals surface area contributed by atoms with Gasteiger partial charge in [-0.15, -0.1) is 11.3 Å². The average molecular weight is 482 g/mol. The van der Waals surface area contributed by atoms with Crippen molar-refractivity contribution in [3.8, 4) is 0 Å². The second-order valence-corrected chi connectivity index (χ2v) is 12.0. The first kappa shape index (κ1) is 24.0. The van der Waals surface area contributed by atoms with Crippen LogP contribution in [0.1, 0.15) is 62.3 Å². The molecule has 0 saturated carbocycles. The van der Waals surface area contributed by atoms with Crippen LogP contribution in [-0.4, -0.2) is 60.7 Å². The van der Waals surface area contributed by atoms with Gasteiger partial charge in [-0.05, 0) is 69.1 Å². The minimum atomic E-state index is -0.652. The predicted octanol–water partition coefficient (Wildman–Crippen LogP) is 5.62. The van der Waals surface area contributed by atoms with E-state index in [4.69, 9.17) is 4.74 Å². The highest BCUT2D eigenvalue weighted by Crippen LogP contribution is 2.40. The summed E-state index contributed by atoms with van der Waals surface area (Å²) in [5, 5.41) is 2.09. The molecule has 6 rings (SSSR count). The molecule has 4 fully saturated rings. The van der Waals surface area contributed by atoms with Crippen molar-refractivity contribution >= 4 is 17.3 Å². The molecule has 0 spiro atoms. The van der Waals surface area contributed by atoms with Crippen LogP contribution in [0.3, 0.4) is 0 Å². The molecule has 4 aliphatic heterocycles. The zero-order chi connectivity index (χ0) is 23.4. The second-order valence-electron chi connectivity index (χ2n) is 11.0. The van der Waals surface area contributed by atoms with E-state index in [9.17, 15) is 4.79 Å². The molecule has 4 saturated heterocycles. The minimum absolute atomic E-state index is 0.0159. The fraction of sp³-hybridized carbons (Fsp3) is 0.621. The summed E-state index contributed by atoms with van der Waals surface area (Å²) in [6, 6.07) is 15.0. The van der Waals surface area contributed by atoms with Gasteiger partial charge < -0.3 is 9.22 Å². The first-order chi connectivity index (χ1) is 16.6. The Kier molecular flexibility index (Phi) is 7.43. The van der Waals surface area contributed by atoms with Gasteiger partial charge >= 0.3 is 5.97 Å². The predicted molar refractivity (Wildman–Crippen MR) is 139 cm³/mol. The van der Waals surface area contributed by atoms with E-state index in [1.807, 2.05) is 0 Å². The van der Waals surface area contributed by atoms with Gasteiger partial charge in [-0.1, -0.05) is 42.8 Å². The monoisotopic (exact) mass is 481 g/mol. The number of thiophene rings is 1. The van der Waals surface area contributed by atoms with Crippen molar-refractivity contribution in [1.29, 1.82) is 0 Å². The molecule has 2 aromatic rings. The fourth-order valence-electron chi connectivity index (χ4n) is 6.62. The number of ether oxygens (including phenoxy) is 1. The number of fused-ring (bicyclic) bond motifs is 3. The number of rotatable bonds is 9. The van der Waals surface area contributed by atoms with Crippen molar-refractivity contribution < 1.29 is 14.0 Å². The number of nitrogens with zero attached hydrogens (tertiary/aromatic N) is 2. The molecule has 5 heteroatoms. The molecule has 0 aliphatic carbocycles. The molecule has 2 atom stereocenters. The fourth-order valence-corrected chi connectivity index (χ4v) is 7.53. The van der Waals surface area contributed by atoms with Gasteiger partial charge in [0.05, 0.1) is 19.6 Å². The van der Waals surface area contributed by atoms with Crippen LogP contribution in [0.25, 0.3) is 0 Å². The molecule has 5 heterocycles. The maximum Gasteiger partial charge on any atom is 0.332 e. The molecule has 1 unspecified atom stereocenters. The van der Waals surface area contributed by atoms with E-state index < -0.39 is 5.54 Å². The number of piperidine rings is 4. The molecular formula is C29H41N2O2S+. The number of likely N-dealkylation sites (tertiary alicyclic amines) is 1. The van der Waals surface area contributed by atoms with Crippen LogP contribution in [-0.2, 0) is 21.5 Å². The number of carbonyl (C=O) groups is 1. The Balaban J connectivity index is 1.22. The zero-order valence-electron chi connectivity index (χ0n) is 20.8. The first-order valence-electron chi connectivity index (χ1n) is 13.5. The van der Waals surface area contributed by atoms with Crippen molar-refractivity contribution in [1.82, 2.24) is 4.90 Å². The summed E-state index contributed by atoms with van der Waals surface area (Å²) < 4.78 is 7.63. The lowest BCUT2D eigenvalue weighted by Gasteiger charge is -2.52. The third-order valence-corrected chi connectivity index (χ3v) is 9.96. The Labute approximate surface area is 209 Å². The van der Waals surface area contributed by atoms with E-state index in [0.717, 1.165) is 35.4 Å². The van der Waals surface area contributed by atoms with E-state index in [1.54, 1.807) is 11.3 Å². The highest BCUT2D eigenvalue weighted by Gasteiger charge is 2.50. The van der Waals surface area contributed by atoms with Crippen LogP contribution >= 0.6 is 11.3 Å². The summed E-state index contributed by atoms with van der Waals surface area (Å²) in [5.41, 5.74) is 0.790. The molecular weight excluding hydrogens is 440 g/mol. The zero-order valence-corrected chi connectivity index (χ0v) is 21.6. The first-order valence-corrected chi connectivity index (χ1v) is 14.4. The van der Waals surface area contributed by atoms with Gasteiger partial charge in [0.1, 0.15) is 6.54 Å². The number of hydrogen-bond donors (Lipinski definition) is 0. The second kappa shape index (κ2) is 10.5. The highest BCUT2D eigenvalue weighted by atomic mass is 32.1. The van der Waals surface area contributed by atoms with Gasteiger partial charge in [0, 0.05) is 23.6 Å². The maximum atomic E-state index is 13.9. The van der Waals surface area contributed by atoms with Crippen molar-refractivity contribution in [3.63, 3.8) is 0 Å². The number of hydrogen-bond acceptors (Lipinski definition) is 4. The summed E-state index contributed by atoms with van der Waals surface area (Å²) in [4.78, 5) is 17.4. The number of esters is 1.